The molecule has 0 spiro atoms. The van der Waals surface area contributed by atoms with Gasteiger partial charge in [-0.2, -0.15) is 4.39 Å². The molecular formula is C12H14BrFO4. The van der Waals surface area contributed by atoms with Crippen molar-refractivity contribution < 1.29 is 23.8 Å². The van der Waals surface area contributed by atoms with Crippen molar-refractivity contribution in [2.24, 2.45) is 0 Å². The summed E-state index contributed by atoms with van der Waals surface area (Å²) in [7, 11) is 2.74. The molecule has 0 aliphatic carbocycles. The molecule has 1 aromatic rings. The zero-order valence-corrected chi connectivity index (χ0v) is 11.7. The van der Waals surface area contributed by atoms with Gasteiger partial charge in [-0.05, 0) is 40.4 Å². The highest BCUT2D eigenvalue weighted by Crippen LogP contribution is 2.37. The molecule has 1 N–H and O–H groups in total. The van der Waals surface area contributed by atoms with Crippen LogP contribution >= 0.6 is 15.9 Å². The highest BCUT2D eigenvalue weighted by molar-refractivity contribution is 9.10. The highest BCUT2D eigenvalue weighted by atomic mass is 79.9. The van der Waals surface area contributed by atoms with E-state index < -0.39 is 11.8 Å². The third kappa shape index (κ3) is 3.35. The summed E-state index contributed by atoms with van der Waals surface area (Å²) < 4.78 is 24.4. The van der Waals surface area contributed by atoms with E-state index in [1.165, 1.54) is 14.2 Å². The first-order chi connectivity index (χ1) is 8.51. The van der Waals surface area contributed by atoms with Gasteiger partial charge in [0.05, 0.1) is 18.7 Å². The van der Waals surface area contributed by atoms with E-state index in [9.17, 15) is 9.18 Å². The zero-order chi connectivity index (χ0) is 13.7. The van der Waals surface area contributed by atoms with Crippen LogP contribution in [-0.4, -0.2) is 25.3 Å². The van der Waals surface area contributed by atoms with E-state index in [4.69, 9.17) is 14.6 Å². The third-order valence-electron chi connectivity index (χ3n) is 2.45. The summed E-state index contributed by atoms with van der Waals surface area (Å²) in [6.07, 6.45) is 0.882. The van der Waals surface area contributed by atoms with Crippen LogP contribution in [0.1, 0.15) is 18.4 Å². The van der Waals surface area contributed by atoms with Crippen LogP contribution < -0.4 is 9.47 Å². The first-order valence-electron chi connectivity index (χ1n) is 5.31. The van der Waals surface area contributed by atoms with Gasteiger partial charge in [-0.15, -0.1) is 0 Å². The van der Waals surface area contributed by atoms with E-state index in [1.54, 1.807) is 6.07 Å². The number of carboxylic acid groups (broad SMARTS) is 1. The minimum absolute atomic E-state index is 0.0361. The van der Waals surface area contributed by atoms with E-state index in [1.807, 2.05) is 0 Å². The van der Waals surface area contributed by atoms with E-state index in [0.29, 0.717) is 22.9 Å². The second-order valence-corrected chi connectivity index (χ2v) is 4.50. The van der Waals surface area contributed by atoms with Crippen LogP contribution in [0.15, 0.2) is 10.5 Å². The molecular weight excluding hydrogens is 307 g/mol. The molecule has 100 valence electrons. The average molecular weight is 321 g/mol. The lowest BCUT2D eigenvalue weighted by Crippen LogP contribution is -2.01. The van der Waals surface area contributed by atoms with E-state index in [2.05, 4.69) is 15.9 Å². The fourth-order valence-corrected chi connectivity index (χ4v) is 2.27. The quantitative estimate of drug-likeness (QED) is 0.875. The molecule has 6 heteroatoms. The van der Waals surface area contributed by atoms with Crippen LogP contribution in [0.4, 0.5) is 4.39 Å². The molecule has 1 aromatic carbocycles. The predicted molar refractivity (Wildman–Crippen MR) is 67.8 cm³/mol. The van der Waals surface area contributed by atoms with Gasteiger partial charge in [0.1, 0.15) is 0 Å². The SMILES string of the molecule is COc1c(Br)cc(CCCC(=O)O)c(OC)c1F. The lowest BCUT2D eigenvalue weighted by atomic mass is 10.1. The van der Waals surface area contributed by atoms with Crippen LogP contribution in [0.3, 0.4) is 0 Å². The first-order valence-corrected chi connectivity index (χ1v) is 6.11. The smallest absolute Gasteiger partial charge is 0.303 e. The molecule has 0 heterocycles. The van der Waals surface area contributed by atoms with Crippen LogP contribution in [-0.2, 0) is 11.2 Å². The number of aryl methyl sites for hydroxylation is 1. The Balaban J connectivity index is 3.00. The molecule has 0 fully saturated rings. The number of aliphatic carboxylic acids is 1. The summed E-state index contributed by atoms with van der Waals surface area (Å²) in [6, 6.07) is 1.68. The molecule has 0 amide bonds. The molecule has 0 unspecified atom stereocenters. The Morgan fingerprint density at radius 1 is 1.39 bits per heavy atom. The Morgan fingerprint density at radius 2 is 2.00 bits per heavy atom. The zero-order valence-electron chi connectivity index (χ0n) is 10.1. The van der Waals surface area contributed by atoms with Crippen molar-refractivity contribution >= 4 is 21.9 Å². The normalized spacial score (nSPS) is 10.2. The van der Waals surface area contributed by atoms with Gasteiger partial charge in [-0.3, -0.25) is 4.79 Å². The van der Waals surface area contributed by atoms with E-state index >= 15 is 0 Å². The van der Waals surface area contributed by atoms with Crippen LogP contribution in [0.25, 0.3) is 0 Å². The molecule has 0 bridgehead atoms. The Morgan fingerprint density at radius 3 is 2.50 bits per heavy atom. The maximum Gasteiger partial charge on any atom is 0.303 e. The highest BCUT2D eigenvalue weighted by Gasteiger charge is 2.18. The van der Waals surface area contributed by atoms with Gasteiger partial charge in [0, 0.05) is 6.42 Å². The number of benzene rings is 1. The van der Waals surface area contributed by atoms with Gasteiger partial charge in [0.2, 0.25) is 5.82 Å². The molecule has 0 aliphatic heterocycles. The average Bonchev–Trinajstić information content (AvgIpc) is 2.29. The monoisotopic (exact) mass is 320 g/mol. The van der Waals surface area contributed by atoms with Gasteiger partial charge in [0.25, 0.3) is 0 Å². The van der Waals surface area contributed by atoms with Crippen molar-refractivity contribution in [2.45, 2.75) is 19.3 Å². The molecule has 18 heavy (non-hydrogen) atoms. The molecule has 4 nitrogen and oxygen atoms in total. The number of ether oxygens (including phenoxy) is 2. The Hall–Kier alpha value is -1.30. The Labute approximate surface area is 113 Å². The topological polar surface area (TPSA) is 55.8 Å². The lowest BCUT2D eigenvalue weighted by Gasteiger charge is -2.13. The number of hydrogen-bond acceptors (Lipinski definition) is 3. The van der Waals surface area contributed by atoms with Gasteiger partial charge in [0.15, 0.2) is 11.5 Å². The van der Waals surface area contributed by atoms with Gasteiger partial charge in [-0.1, -0.05) is 0 Å². The molecule has 0 aliphatic rings. The van der Waals surface area contributed by atoms with E-state index in [0.717, 1.165) is 0 Å². The molecule has 0 radical (unpaired) electrons. The van der Waals surface area contributed by atoms with Crippen LogP contribution in [0, 0.1) is 5.82 Å². The fourth-order valence-electron chi connectivity index (χ4n) is 1.66. The minimum atomic E-state index is -0.873. The van der Waals surface area contributed by atoms with Gasteiger partial charge in [-0.25, -0.2) is 0 Å². The summed E-state index contributed by atoms with van der Waals surface area (Å²) >= 11 is 3.21. The second-order valence-electron chi connectivity index (χ2n) is 3.65. The summed E-state index contributed by atoms with van der Waals surface area (Å²) in [6.45, 7) is 0. The fraction of sp³-hybridized carbons (Fsp3) is 0.417. The number of methoxy groups -OCH3 is 2. The van der Waals surface area contributed by atoms with Gasteiger partial charge < -0.3 is 14.6 Å². The third-order valence-corrected chi connectivity index (χ3v) is 3.04. The van der Waals surface area contributed by atoms with Crippen molar-refractivity contribution in [3.05, 3.63) is 21.9 Å². The summed E-state index contributed by atoms with van der Waals surface area (Å²) in [5.74, 6) is -1.28. The molecule has 0 saturated heterocycles. The number of hydrogen-bond donors (Lipinski definition) is 1. The van der Waals surface area contributed by atoms with Crippen LogP contribution in [0.2, 0.25) is 0 Å². The summed E-state index contributed by atoms with van der Waals surface area (Å²) in [5.41, 5.74) is 0.615. The Kier molecular flexibility index (Phi) is 5.40. The molecule has 1 rings (SSSR count). The summed E-state index contributed by atoms with van der Waals surface area (Å²) in [5, 5.41) is 8.57. The number of carbonyl (C=O) groups is 1. The number of halogens is 2. The predicted octanol–water partition coefficient (Wildman–Crippen LogP) is 3.01. The summed E-state index contributed by atoms with van der Waals surface area (Å²) in [4.78, 5) is 10.4. The Bertz CT molecular complexity index is 448. The minimum Gasteiger partial charge on any atom is -0.493 e. The van der Waals surface area contributed by atoms with E-state index in [-0.39, 0.29) is 17.9 Å². The largest absolute Gasteiger partial charge is 0.493 e. The first kappa shape index (κ1) is 14.8. The molecule has 0 aromatic heterocycles. The number of carboxylic acids is 1. The molecule has 0 saturated carbocycles. The van der Waals surface area contributed by atoms with Gasteiger partial charge >= 0.3 is 5.97 Å². The second kappa shape index (κ2) is 6.58. The maximum atomic E-state index is 14.0. The van der Waals surface area contributed by atoms with Crippen LogP contribution in [0.5, 0.6) is 11.5 Å². The number of rotatable bonds is 6. The van der Waals surface area contributed by atoms with Crippen molar-refractivity contribution in [3.8, 4) is 11.5 Å². The molecule has 0 atom stereocenters. The van der Waals surface area contributed by atoms with Crippen molar-refractivity contribution in [3.63, 3.8) is 0 Å². The van der Waals surface area contributed by atoms with Crippen molar-refractivity contribution in [1.29, 1.82) is 0 Å². The lowest BCUT2D eigenvalue weighted by molar-refractivity contribution is -0.137. The standard InChI is InChI=1S/C12H14BrFO4/c1-17-11-7(4-3-5-9(15)16)6-8(13)12(18-2)10(11)14/h6H,3-5H2,1-2H3,(H,15,16). The van der Waals surface area contributed by atoms with Crippen molar-refractivity contribution in [1.82, 2.24) is 0 Å². The maximum absolute atomic E-state index is 14.0. The van der Waals surface area contributed by atoms with Crippen molar-refractivity contribution in [2.75, 3.05) is 14.2 Å².